The van der Waals surface area contributed by atoms with Gasteiger partial charge in [-0.1, -0.05) is 12.1 Å². The topological polar surface area (TPSA) is 75.6 Å². The van der Waals surface area contributed by atoms with Gasteiger partial charge in [-0.05, 0) is 51.8 Å². The number of phenols is 1. The van der Waals surface area contributed by atoms with Crippen LogP contribution >= 0.6 is 0 Å². The third-order valence-electron chi connectivity index (χ3n) is 2.56. The number of hydrogen-bond donors (Lipinski definition) is 2. The number of aromatic hydroxyl groups is 1. The Morgan fingerprint density at radius 2 is 1.80 bits per heavy atom. The monoisotopic (exact) mass is 279 g/mol. The summed E-state index contributed by atoms with van der Waals surface area (Å²) in [6, 6.07) is 5.86. The van der Waals surface area contributed by atoms with Gasteiger partial charge in [0.25, 0.3) is 0 Å². The van der Waals surface area contributed by atoms with Gasteiger partial charge in [0.1, 0.15) is 11.4 Å². The summed E-state index contributed by atoms with van der Waals surface area (Å²) >= 11 is 0. The highest BCUT2D eigenvalue weighted by Gasteiger charge is 2.22. The Morgan fingerprint density at radius 3 is 2.25 bits per heavy atom. The van der Waals surface area contributed by atoms with E-state index in [1.54, 1.807) is 45.0 Å². The zero-order valence-electron chi connectivity index (χ0n) is 12.3. The van der Waals surface area contributed by atoms with E-state index in [-0.39, 0.29) is 11.5 Å². The summed E-state index contributed by atoms with van der Waals surface area (Å²) in [5.74, 6) is 0.0113. The van der Waals surface area contributed by atoms with Crippen LogP contribution in [-0.4, -0.2) is 28.6 Å². The number of rotatable bonds is 4. The van der Waals surface area contributed by atoms with E-state index in [1.807, 2.05) is 0 Å². The largest absolute Gasteiger partial charge is 0.508 e. The molecule has 1 aromatic rings. The van der Waals surface area contributed by atoms with Gasteiger partial charge in [0, 0.05) is 0 Å². The van der Waals surface area contributed by atoms with Crippen LogP contribution in [0.4, 0.5) is 4.79 Å². The van der Waals surface area contributed by atoms with Gasteiger partial charge >= 0.3 is 6.09 Å². The molecule has 5 nitrogen and oxygen atoms in total. The fourth-order valence-corrected chi connectivity index (χ4v) is 1.61. The second kappa shape index (κ2) is 6.41. The zero-order valence-corrected chi connectivity index (χ0v) is 12.3. The van der Waals surface area contributed by atoms with Gasteiger partial charge in [0.05, 0.1) is 6.04 Å². The summed E-state index contributed by atoms with van der Waals surface area (Å²) in [7, 11) is 0. The van der Waals surface area contributed by atoms with Crippen molar-refractivity contribution in [2.24, 2.45) is 0 Å². The predicted molar refractivity (Wildman–Crippen MR) is 75.6 cm³/mol. The number of carbonyl (C=O) groups is 2. The van der Waals surface area contributed by atoms with E-state index >= 15 is 0 Å². The van der Waals surface area contributed by atoms with E-state index in [0.717, 1.165) is 5.56 Å². The fraction of sp³-hybridized carbons (Fsp3) is 0.467. The average molecular weight is 279 g/mol. The van der Waals surface area contributed by atoms with Crippen LogP contribution in [0.1, 0.15) is 33.3 Å². The van der Waals surface area contributed by atoms with Crippen LogP contribution in [0, 0.1) is 0 Å². The molecule has 1 aromatic carbocycles. The summed E-state index contributed by atoms with van der Waals surface area (Å²) < 4.78 is 5.13. The first-order chi connectivity index (χ1) is 9.17. The maximum atomic E-state index is 11.7. The molecule has 5 heteroatoms. The molecule has 0 bridgehead atoms. The van der Waals surface area contributed by atoms with Crippen molar-refractivity contribution in [1.29, 1.82) is 0 Å². The summed E-state index contributed by atoms with van der Waals surface area (Å²) in [4.78, 5) is 23.3. The van der Waals surface area contributed by atoms with Crippen molar-refractivity contribution >= 4 is 11.9 Å². The molecular formula is C15H21NO4. The number of phenolic OH excluding ortho intramolecular Hbond substituents is 1. The van der Waals surface area contributed by atoms with Crippen molar-refractivity contribution in [3.63, 3.8) is 0 Å². The highest BCUT2D eigenvalue weighted by Crippen LogP contribution is 2.12. The molecule has 110 valence electrons. The third-order valence-corrected chi connectivity index (χ3v) is 2.56. The number of Topliss-reactive ketones (excluding diaryl/α,β-unsaturated/α-hetero) is 1. The van der Waals surface area contributed by atoms with Gasteiger partial charge in [0.15, 0.2) is 5.78 Å². The molecule has 1 atom stereocenters. The third kappa shape index (κ3) is 5.73. The molecule has 2 N–H and O–H groups in total. The van der Waals surface area contributed by atoms with Crippen LogP contribution < -0.4 is 5.32 Å². The summed E-state index contributed by atoms with van der Waals surface area (Å²) in [5.41, 5.74) is 0.239. The standard InChI is InChI=1S/C15H21NO4/c1-10(17)13(16-14(19)20-15(2,3)4)9-11-5-7-12(18)8-6-11/h5-8,13,18H,9H2,1-4H3,(H,16,19)/t13-/m0/s1. The van der Waals surface area contributed by atoms with Crippen molar-refractivity contribution in [3.05, 3.63) is 29.8 Å². The number of benzene rings is 1. The summed E-state index contributed by atoms with van der Waals surface area (Å²) in [6.07, 6.45) is -0.258. The summed E-state index contributed by atoms with van der Waals surface area (Å²) in [6.45, 7) is 6.70. The predicted octanol–water partition coefficient (Wildman–Crippen LogP) is 2.42. The lowest BCUT2D eigenvalue weighted by Crippen LogP contribution is -2.43. The van der Waals surface area contributed by atoms with Crippen molar-refractivity contribution in [3.8, 4) is 5.75 Å². The molecule has 0 unspecified atom stereocenters. The van der Waals surface area contributed by atoms with Crippen molar-refractivity contribution < 1.29 is 19.4 Å². The molecule has 1 rings (SSSR count). The normalized spacial score (nSPS) is 12.6. The van der Waals surface area contributed by atoms with Crippen LogP contribution in [0.15, 0.2) is 24.3 Å². The van der Waals surface area contributed by atoms with E-state index < -0.39 is 17.7 Å². The van der Waals surface area contributed by atoms with Gasteiger partial charge in [-0.25, -0.2) is 4.79 Å². The summed E-state index contributed by atoms with van der Waals surface area (Å²) in [5, 5.41) is 11.8. The minimum atomic E-state index is -0.644. The molecule has 0 heterocycles. The number of nitrogens with one attached hydrogen (secondary N) is 1. The molecule has 1 amide bonds. The van der Waals surface area contributed by atoms with Crippen molar-refractivity contribution in [1.82, 2.24) is 5.32 Å². The number of hydrogen-bond acceptors (Lipinski definition) is 4. The molecule has 0 saturated heterocycles. The number of ether oxygens (including phenoxy) is 1. The molecule has 20 heavy (non-hydrogen) atoms. The Morgan fingerprint density at radius 1 is 1.25 bits per heavy atom. The first-order valence-electron chi connectivity index (χ1n) is 6.45. The Labute approximate surface area is 118 Å². The van der Waals surface area contributed by atoms with Gasteiger partial charge in [-0.3, -0.25) is 4.79 Å². The molecule has 0 aliphatic heterocycles. The second-order valence-corrected chi connectivity index (χ2v) is 5.68. The quantitative estimate of drug-likeness (QED) is 0.887. The second-order valence-electron chi connectivity index (χ2n) is 5.68. The van der Waals surface area contributed by atoms with Crippen molar-refractivity contribution in [2.75, 3.05) is 0 Å². The minimum absolute atomic E-state index is 0.149. The maximum absolute atomic E-state index is 11.7. The molecular weight excluding hydrogens is 258 g/mol. The first kappa shape index (κ1) is 16.0. The SMILES string of the molecule is CC(=O)[C@H](Cc1ccc(O)cc1)NC(=O)OC(C)(C)C. The van der Waals surface area contributed by atoms with E-state index in [9.17, 15) is 14.7 Å². The lowest BCUT2D eigenvalue weighted by molar-refractivity contribution is -0.119. The smallest absolute Gasteiger partial charge is 0.408 e. The molecule has 0 aromatic heterocycles. The maximum Gasteiger partial charge on any atom is 0.408 e. The highest BCUT2D eigenvalue weighted by molar-refractivity contribution is 5.85. The lowest BCUT2D eigenvalue weighted by atomic mass is 10.0. The first-order valence-corrected chi connectivity index (χ1v) is 6.45. The van der Waals surface area contributed by atoms with Crippen molar-refractivity contribution in [2.45, 2.75) is 45.8 Å². The zero-order chi connectivity index (χ0) is 15.3. The minimum Gasteiger partial charge on any atom is -0.508 e. The molecule has 0 spiro atoms. The fourth-order valence-electron chi connectivity index (χ4n) is 1.61. The number of amides is 1. The average Bonchev–Trinajstić information content (AvgIpc) is 2.28. The van der Waals surface area contributed by atoms with E-state index in [2.05, 4.69) is 5.32 Å². The molecule has 0 saturated carbocycles. The Bertz CT molecular complexity index is 474. The molecule has 0 radical (unpaired) electrons. The van der Waals surface area contributed by atoms with Gasteiger partial charge < -0.3 is 15.2 Å². The van der Waals surface area contributed by atoms with Gasteiger partial charge in [0.2, 0.25) is 0 Å². The van der Waals surface area contributed by atoms with Crippen LogP contribution in [-0.2, 0) is 16.0 Å². The van der Waals surface area contributed by atoms with E-state index in [0.29, 0.717) is 6.42 Å². The van der Waals surface area contributed by atoms with E-state index in [4.69, 9.17) is 4.74 Å². The Kier molecular flexibility index (Phi) is 5.13. The molecule has 0 aliphatic carbocycles. The van der Waals surface area contributed by atoms with Gasteiger partial charge in [-0.2, -0.15) is 0 Å². The molecule has 0 aliphatic rings. The van der Waals surface area contributed by atoms with Crippen LogP contribution in [0.3, 0.4) is 0 Å². The Balaban J connectivity index is 2.68. The number of carbonyl (C=O) groups excluding carboxylic acids is 2. The Hall–Kier alpha value is -2.04. The van der Waals surface area contributed by atoms with Crippen LogP contribution in [0.5, 0.6) is 5.75 Å². The van der Waals surface area contributed by atoms with Gasteiger partial charge in [-0.15, -0.1) is 0 Å². The number of alkyl carbamates (subject to hydrolysis) is 1. The van der Waals surface area contributed by atoms with E-state index in [1.165, 1.54) is 6.92 Å². The number of ketones is 1. The van der Waals surface area contributed by atoms with Crippen LogP contribution in [0.25, 0.3) is 0 Å². The molecule has 0 fully saturated rings. The highest BCUT2D eigenvalue weighted by atomic mass is 16.6. The lowest BCUT2D eigenvalue weighted by Gasteiger charge is -2.22. The van der Waals surface area contributed by atoms with Crippen LogP contribution in [0.2, 0.25) is 0 Å².